The molecule has 4 nitrogen and oxygen atoms in total. The van der Waals surface area contributed by atoms with Gasteiger partial charge in [-0.3, -0.25) is 0 Å². The van der Waals surface area contributed by atoms with Crippen molar-refractivity contribution in [3.63, 3.8) is 0 Å². The quantitative estimate of drug-likeness (QED) is 0.445. The summed E-state index contributed by atoms with van der Waals surface area (Å²) in [5.41, 5.74) is 0. The third kappa shape index (κ3) is 0.597. The molecule has 0 unspecified atom stereocenters. The van der Waals surface area contributed by atoms with Gasteiger partial charge in [0.25, 0.3) is 0 Å². The summed E-state index contributed by atoms with van der Waals surface area (Å²) in [5, 5.41) is 0. The van der Waals surface area contributed by atoms with Crippen LogP contribution in [0.3, 0.4) is 0 Å². The Bertz CT molecular complexity index is 151. The van der Waals surface area contributed by atoms with E-state index < -0.39 is 8.97 Å². The van der Waals surface area contributed by atoms with E-state index in [-0.39, 0.29) is 0 Å². The van der Waals surface area contributed by atoms with Gasteiger partial charge < -0.3 is 0 Å². The molecule has 0 saturated carbocycles. The Morgan fingerprint density at radius 1 is 0.818 bits per heavy atom. The maximum absolute atomic E-state index is 5.67. The average Bonchev–Trinajstić information content (AvgIpc) is 2.40. The van der Waals surface area contributed by atoms with Gasteiger partial charge in [0.2, 0.25) is 0 Å². The molecule has 0 aromatic heterocycles. The minimum atomic E-state index is -2.44. The fourth-order valence-corrected chi connectivity index (χ4v) is 6.29. The summed E-state index contributed by atoms with van der Waals surface area (Å²) < 4.78 is 18.1. The van der Waals surface area contributed by atoms with Gasteiger partial charge in [-0.15, -0.1) is 0 Å². The van der Waals surface area contributed by atoms with Crippen molar-refractivity contribution in [3.05, 3.63) is 0 Å². The van der Waals surface area contributed by atoms with Gasteiger partial charge in [-0.1, -0.05) is 0 Å². The molecule has 0 aromatic rings. The topological polar surface area (TPSA) is 27.7 Å². The van der Waals surface area contributed by atoms with Crippen LogP contribution >= 0.6 is 0 Å². The molecular weight excluding hydrogens is 162 g/mol. The molecule has 0 N–H and O–H groups in total. The zero-order chi connectivity index (χ0) is 7.36. The molecule has 0 amide bonds. The van der Waals surface area contributed by atoms with Crippen LogP contribution in [0.4, 0.5) is 0 Å². The van der Waals surface area contributed by atoms with Crippen molar-refractivity contribution in [1.29, 1.82) is 0 Å². The Labute approximate surface area is 66.7 Å². The Morgan fingerprint density at radius 3 is 1.64 bits per heavy atom. The van der Waals surface area contributed by atoms with Gasteiger partial charge in [0.15, 0.2) is 0 Å². The number of rotatable bonds is 0. The molecule has 11 heavy (non-hydrogen) atoms. The summed E-state index contributed by atoms with van der Waals surface area (Å²) >= 11 is 0. The van der Waals surface area contributed by atoms with E-state index in [1.54, 1.807) is 0 Å². The van der Waals surface area contributed by atoms with Crippen LogP contribution in [0.1, 0.15) is 0 Å². The molecule has 64 valence electrons. The molecule has 0 aliphatic carbocycles. The van der Waals surface area contributed by atoms with Gasteiger partial charge in [0.1, 0.15) is 0 Å². The van der Waals surface area contributed by atoms with E-state index in [1.165, 1.54) is 0 Å². The average molecular weight is 175 g/mol. The van der Waals surface area contributed by atoms with Crippen molar-refractivity contribution < 1.29 is 17.4 Å². The minimum absolute atomic E-state index is 0.852. The van der Waals surface area contributed by atoms with Crippen molar-refractivity contribution in [2.45, 2.75) is 0 Å². The Kier molecular flexibility index (Phi) is 1.11. The first-order valence-electron chi connectivity index (χ1n) is 4.28. The fraction of sp³-hybridized carbons (Fsp3) is 1.00. The standard InChI is InChI=1S/C6H13NO3Si/c1-4-8-11-7(1,2-5-9-11)3-6-10-11/h11H,1-6H2. The van der Waals surface area contributed by atoms with Gasteiger partial charge in [-0.2, -0.15) is 0 Å². The van der Waals surface area contributed by atoms with Crippen LogP contribution in [0.15, 0.2) is 0 Å². The second kappa shape index (κ2) is 1.86. The van der Waals surface area contributed by atoms with Crippen LogP contribution in [0.25, 0.3) is 0 Å². The summed E-state index contributed by atoms with van der Waals surface area (Å²) in [6.07, 6.45) is 0. The summed E-state index contributed by atoms with van der Waals surface area (Å²) in [6, 6.07) is 0. The third-order valence-electron chi connectivity index (χ3n) is 3.27. The summed E-state index contributed by atoms with van der Waals surface area (Å²) in [4.78, 5) is 0. The van der Waals surface area contributed by atoms with Crippen molar-refractivity contribution in [1.82, 2.24) is 0 Å². The van der Waals surface area contributed by atoms with Crippen LogP contribution in [-0.2, 0) is 13.3 Å². The Balaban J connectivity index is 2.06. The van der Waals surface area contributed by atoms with Gasteiger partial charge in [-0.25, -0.2) is 0 Å². The van der Waals surface area contributed by atoms with Gasteiger partial charge in [-0.05, 0) is 0 Å². The van der Waals surface area contributed by atoms with E-state index in [4.69, 9.17) is 13.3 Å². The van der Waals surface area contributed by atoms with Gasteiger partial charge in [0, 0.05) is 0 Å². The molecule has 0 spiro atoms. The maximum atomic E-state index is 5.67. The van der Waals surface area contributed by atoms with E-state index in [0.29, 0.717) is 0 Å². The molecule has 0 radical (unpaired) electrons. The third-order valence-corrected chi connectivity index (χ3v) is 7.35. The van der Waals surface area contributed by atoms with E-state index >= 15 is 0 Å². The zero-order valence-corrected chi connectivity index (χ0v) is 7.65. The zero-order valence-electron chi connectivity index (χ0n) is 6.49. The molecule has 3 aliphatic heterocycles. The molecule has 0 aromatic carbocycles. The molecule has 3 fully saturated rings. The number of hydrogen-bond donors (Lipinski definition) is 0. The molecule has 3 rings (SSSR count). The summed E-state index contributed by atoms with van der Waals surface area (Å²) in [5.74, 6) is 0. The van der Waals surface area contributed by atoms with Gasteiger partial charge in [0.05, 0.1) is 0 Å². The van der Waals surface area contributed by atoms with Crippen molar-refractivity contribution >= 4 is 8.97 Å². The Morgan fingerprint density at radius 2 is 1.27 bits per heavy atom. The fourth-order valence-electron chi connectivity index (χ4n) is 2.58. The first-order valence-corrected chi connectivity index (χ1v) is 6.21. The molecule has 3 saturated heterocycles. The molecule has 0 atom stereocenters. The predicted octanol–water partition coefficient (Wildman–Crippen LogP) is -0.938. The van der Waals surface area contributed by atoms with Crippen LogP contribution in [0.2, 0.25) is 0 Å². The first-order chi connectivity index (χ1) is 5.37. The SMILES string of the molecule is C1C[N+]23CCO[SiH-]2(O1)OCC3. The molecular formula is C6H13NO3Si. The second-order valence-corrected chi connectivity index (χ2v) is 6.91. The van der Waals surface area contributed by atoms with Crippen molar-refractivity contribution in [2.24, 2.45) is 0 Å². The molecule has 0 bridgehead atoms. The van der Waals surface area contributed by atoms with E-state index in [9.17, 15) is 0 Å². The van der Waals surface area contributed by atoms with Crippen molar-refractivity contribution in [2.75, 3.05) is 39.5 Å². The molecule has 3 heterocycles. The number of hydrogen-bond acceptors (Lipinski definition) is 3. The molecule has 5 heteroatoms. The first kappa shape index (κ1) is 6.56. The van der Waals surface area contributed by atoms with Gasteiger partial charge >= 0.3 is 65.8 Å². The normalized spacial score (nSPS) is 48.7. The summed E-state index contributed by atoms with van der Waals surface area (Å²) in [7, 11) is -2.44. The van der Waals surface area contributed by atoms with E-state index in [0.717, 1.165) is 43.6 Å². The number of quaternary nitrogens is 1. The number of nitrogens with zero attached hydrogens (tertiary/aromatic N) is 1. The van der Waals surface area contributed by atoms with Crippen LogP contribution in [0.5, 0.6) is 0 Å². The van der Waals surface area contributed by atoms with E-state index in [2.05, 4.69) is 0 Å². The Hall–Kier alpha value is 0.0569. The summed E-state index contributed by atoms with van der Waals surface area (Å²) in [6.45, 7) is 5.94. The van der Waals surface area contributed by atoms with Crippen LogP contribution in [0, 0.1) is 0 Å². The monoisotopic (exact) mass is 175 g/mol. The van der Waals surface area contributed by atoms with E-state index in [1.807, 2.05) is 0 Å². The predicted molar refractivity (Wildman–Crippen MR) is 39.9 cm³/mol. The van der Waals surface area contributed by atoms with Crippen LogP contribution in [-0.4, -0.2) is 52.6 Å². The second-order valence-electron chi connectivity index (χ2n) is 3.61. The van der Waals surface area contributed by atoms with Crippen LogP contribution < -0.4 is 0 Å². The molecule has 3 aliphatic rings. The van der Waals surface area contributed by atoms with Crippen molar-refractivity contribution in [3.8, 4) is 0 Å².